The predicted octanol–water partition coefficient (Wildman–Crippen LogP) is 1.25. The highest BCUT2D eigenvalue weighted by molar-refractivity contribution is 5.82. The normalized spacial score (nSPS) is 28.8. The van der Waals surface area contributed by atoms with E-state index in [1.807, 2.05) is 18.2 Å². The maximum atomic E-state index is 12.2. The van der Waals surface area contributed by atoms with E-state index in [0.29, 0.717) is 11.5 Å². The summed E-state index contributed by atoms with van der Waals surface area (Å²) in [6, 6.07) is 7.13. The number of benzene rings is 1. The second-order valence-electron chi connectivity index (χ2n) is 5.33. The molecule has 108 valence electrons. The molecule has 3 rings (SSSR count). The third-order valence-corrected chi connectivity index (χ3v) is 3.86. The predicted molar refractivity (Wildman–Crippen MR) is 72.8 cm³/mol. The molecule has 1 heterocycles. The number of rotatable bonds is 2. The number of aliphatic hydroxyl groups excluding tert-OH is 1. The molecule has 0 radical (unpaired) electrons. The average Bonchev–Trinajstić information content (AvgIpc) is 2.49. The maximum Gasteiger partial charge on any atom is 0.265 e. The van der Waals surface area contributed by atoms with Crippen molar-refractivity contribution in [3.05, 3.63) is 24.3 Å². The van der Waals surface area contributed by atoms with Crippen molar-refractivity contribution in [1.29, 1.82) is 0 Å². The molecule has 0 aromatic heterocycles. The molecule has 1 aromatic carbocycles. The van der Waals surface area contributed by atoms with E-state index >= 15 is 0 Å². The zero-order valence-electron chi connectivity index (χ0n) is 11.2. The van der Waals surface area contributed by atoms with E-state index in [9.17, 15) is 9.90 Å². The molecule has 0 bridgehead atoms. The molecule has 20 heavy (non-hydrogen) atoms. The summed E-state index contributed by atoms with van der Waals surface area (Å²) in [6.45, 7) is 0.200. The first-order valence-electron chi connectivity index (χ1n) is 7.11. The minimum atomic E-state index is -0.654. The summed E-state index contributed by atoms with van der Waals surface area (Å²) in [7, 11) is 0. The van der Waals surface area contributed by atoms with E-state index in [1.54, 1.807) is 6.07 Å². The molecule has 0 saturated heterocycles. The summed E-state index contributed by atoms with van der Waals surface area (Å²) in [4.78, 5) is 12.2. The Morgan fingerprint density at radius 1 is 1.20 bits per heavy atom. The summed E-state index contributed by atoms with van der Waals surface area (Å²) >= 11 is 0. The van der Waals surface area contributed by atoms with E-state index in [2.05, 4.69) is 5.32 Å². The third-order valence-electron chi connectivity index (χ3n) is 3.86. The van der Waals surface area contributed by atoms with Crippen molar-refractivity contribution in [3.63, 3.8) is 0 Å². The van der Waals surface area contributed by atoms with Gasteiger partial charge in [-0.3, -0.25) is 4.79 Å². The minimum Gasteiger partial charge on any atom is -0.485 e. The van der Waals surface area contributed by atoms with Gasteiger partial charge in [0.15, 0.2) is 11.5 Å². The molecule has 1 unspecified atom stereocenters. The number of carbonyl (C=O) groups excluding carboxylic acids is 1. The number of ether oxygens (including phenoxy) is 2. The average molecular weight is 277 g/mol. The van der Waals surface area contributed by atoms with Crippen LogP contribution in [0.5, 0.6) is 11.5 Å². The van der Waals surface area contributed by atoms with Crippen molar-refractivity contribution >= 4 is 5.91 Å². The van der Waals surface area contributed by atoms with E-state index in [1.165, 1.54) is 0 Å². The molecule has 0 spiro atoms. The van der Waals surface area contributed by atoms with Crippen LogP contribution in [0.25, 0.3) is 0 Å². The molecular weight excluding hydrogens is 258 g/mol. The Bertz CT molecular complexity index is 491. The van der Waals surface area contributed by atoms with Crippen LogP contribution >= 0.6 is 0 Å². The van der Waals surface area contributed by atoms with Crippen LogP contribution in [0.15, 0.2) is 24.3 Å². The van der Waals surface area contributed by atoms with E-state index in [-0.39, 0.29) is 18.6 Å². The van der Waals surface area contributed by atoms with Gasteiger partial charge in [0, 0.05) is 0 Å². The topological polar surface area (TPSA) is 67.8 Å². The molecule has 1 aromatic rings. The number of carbonyl (C=O) groups is 1. The molecular formula is C15H19NO4. The molecule has 5 heteroatoms. The Labute approximate surface area is 117 Å². The summed E-state index contributed by atoms with van der Waals surface area (Å²) < 4.78 is 11.2. The van der Waals surface area contributed by atoms with E-state index in [0.717, 1.165) is 25.7 Å². The van der Waals surface area contributed by atoms with Crippen molar-refractivity contribution in [2.75, 3.05) is 6.61 Å². The van der Waals surface area contributed by atoms with Crippen molar-refractivity contribution in [2.24, 2.45) is 0 Å². The first-order valence-corrected chi connectivity index (χ1v) is 7.11. The van der Waals surface area contributed by atoms with Gasteiger partial charge in [0.05, 0.1) is 12.1 Å². The Morgan fingerprint density at radius 3 is 2.75 bits per heavy atom. The first kappa shape index (κ1) is 13.2. The van der Waals surface area contributed by atoms with Crippen molar-refractivity contribution < 1.29 is 19.4 Å². The zero-order chi connectivity index (χ0) is 13.9. The smallest absolute Gasteiger partial charge is 0.265 e. The number of aliphatic hydroxyl groups is 1. The quantitative estimate of drug-likeness (QED) is 0.853. The largest absolute Gasteiger partial charge is 0.485 e. The second kappa shape index (κ2) is 5.71. The van der Waals surface area contributed by atoms with Gasteiger partial charge >= 0.3 is 0 Å². The highest BCUT2D eigenvalue weighted by Gasteiger charge is 2.31. The van der Waals surface area contributed by atoms with Crippen LogP contribution in [0.4, 0.5) is 0 Å². The maximum absolute atomic E-state index is 12.2. The molecule has 1 aliphatic carbocycles. The summed E-state index contributed by atoms with van der Waals surface area (Å²) in [5.74, 6) is 1.03. The Kier molecular flexibility index (Phi) is 3.78. The van der Waals surface area contributed by atoms with E-state index < -0.39 is 12.2 Å². The molecule has 1 fully saturated rings. The van der Waals surface area contributed by atoms with Gasteiger partial charge in [0.25, 0.3) is 5.91 Å². The lowest BCUT2D eigenvalue weighted by atomic mass is 9.92. The van der Waals surface area contributed by atoms with Gasteiger partial charge in [-0.05, 0) is 25.0 Å². The number of amides is 1. The van der Waals surface area contributed by atoms with Gasteiger partial charge < -0.3 is 19.9 Å². The van der Waals surface area contributed by atoms with Crippen LogP contribution in [0, 0.1) is 0 Å². The molecule has 1 amide bonds. The van der Waals surface area contributed by atoms with Gasteiger partial charge in [-0.1, -0.05) is 25.0 Å². The van der Waals surface area contributed by atoms with Gasteiger partial charge in [-0.2, -0.15) is 0 Å². The lowest BCUT2D eigenvalue weighted by Gasteiger charge is -2.31. The fourth-order valence-electron chi connectivity index (χ4n) is 2.70. The van der Waals surface area contributed by atoms with Crippen molar-refractivity contribution in [3.8, 4) is 11.5 Å². The van der Waals surface area contributed by atoms with Crippen LogP contribution < -0.4 is 14.8 Å². The Hall–Kier alpha value is -1.75. The van der Waals surface area contributed by atoms with Crippen molar-refractivity contribution in [1.82, 2.24) is 5.32 Å². The molecule has 1 saturated carbocycles. The number of hydrogen-bond donors (Lipinski definition) is 2. The molecule has 2 N–H and O–H groups in total. The number of para-hydroxylation sites is 2. The zero-order valence-corrected chi connectivity index (χ0v) is 11.2. The summed E-state index contributed by atoms with van der Waals surface area (Å²) in [5.41, 5.74) is 0. The highest BCUT2D eigenvalue weighted by atomic mass is 16.6. The standard InChI is InChI=1S/C15H19NO4/c17-11-6-2-1-5-10(11)16-15(18)14-9-19-12-7-3-4-8-13(12)20-14/h3-4,7-8,10-11,14,17H,1-2,5-6,9H2,(H,16,18)/t10-,11-,14?/m0/s1. The molecule has 3 atom stereocenters. The van der Waals surface area contributed by atoms with Crippen LogP contribution in [0.2, 0.25) is 0 Å². The number of nitrogens with one attached hydrogen (secondary N) is 1. The fraction of sp³-hybridized carbons (Fsp3) is 0.533. The Morgan fingerprint density at radius 2 is 1.95 bits per heavy atom. The Balaban J connectivity index is 1.61. The monoisotopic (exact) mass is 277 g/mol. The number of hydrogen-bond acceptors (Lipinski definition) is 4. The third kappa shape index (κ3) is 2.72. The minimum absolute atomic E-state index is 0.169. The SMILES string of the molecule is O=C(N[C@H]1CCCC[C@@H]1O)C1COc2ccccc2O1. The summed E-state index contributed by atoms with van der Waals surface area (Å²) in [6.07, 6.45) is 2.51. The second-order valence-corrected chi connectivity index (χ2v) is 5.33. The lowest BCUT2D eigenvalue weighted by Crippen LogP contribution is -2.52. The molecule has 2 aliphatic rings. The lowest BCUT2D eigenvalue weighted by molar-refractivity contribution is -0.132. The van der Waals surface area contributed by atoms with Gasteiger partial charge in [-0.25, -0.2) is 0 Å². The van der Waals surface area contributed by atoms with Crippen LogP contribution in [0.3, 0.4) is 0 Å². The van der Waals surface area contributed by atoms with Gasteiger partial charge in [0.1, 0.15) is 6.61 Å². The van der Waals surface area contributed by atoms with Gasteiger partial charge in [-0.15, -0.1) is 0 Å². The number of fused-ring (bicyclic) bond motifs is 1. The van der Waals surface area contributed by atoms with E-state index in [4.69, 9.17) is 9.47 Å². The summed E-state index contributed by atoms with van der Waals surface area (Å²) in [5, 5.41) is 12.8. The highest BCUT2D eigenvalue weighted by Crippen LogP contribution is 2.31. The van der Waals surface area contributed by atoms with Crippen LogP contribution in [0.1, 0.15) is 25.7 Å². The van der Waals surface area contributed by atoms with Crippen LogP contribution in [-0.2, 0) is 4.79 Å². The van der Waals surface area contributed by atoms with Gasteiger partial charge in [0.2, 0.25) is 6.10 Å². The molecule has 1 aliphatic heterocycles. The first-order chi connectivity index (χ1) is 9.74. The molecule has 5 nitrogen and oxygen atoms in total. The fourth-order valence-corrected chi connectivity index (χ4v) is 2.70. The van der Waals surface area contributed by atoms with Crippen LogP contribution in [-0.4, -0.2) is 35.9 Å². The van der Waals surface area contributed by atoms with Crippen molar-refractivity contribution in [2.45, 2.75) is 43.9 Å².